The van der Waals surface area contributed by atoms with Crippen LogP contribution in [0.2, 0.25) is 5.02 Å². The molecule has 2 aromatic heterocycles. The molecule has 0 fully saturated rings. The summed E-state index contributed by atoms with van der Waals surface area (Å²) in [5.41, 5.74) is 2.22. The Kier molecular flexibility index (Phi) is 3.60. The highest BCUT2D eigenvalue weighted by Gasteiger charge is 2.21. The van der Waals surface area contributed by atoms with E-state index >= 15 is 0 Å². The number of aryl methyl sites for hydroxylation is 2. The molecule has 1 aromatic carbocycles. The minimum absolute atomic E-state index is 0.182. The van der Waals surface area contributed by atoms with Crippen LogP contribution in [0.3, 0.4) is 0 Å². The highest BCUT2D eigenvalue weighted by Crippen LogP contribution is 2.30. The Bertz CT molecular complexity index is 817. The highest BCUT2D eigenvalue weighted by atomic mass is 127. The number of carbonyl (C=O) groups is 1. The summed E-state index contributed by atoms with van der Waals surface area (Å²) in [6.45, 7) is 3.90. The van der Waals surface area contributed by atoms with Gasteiger partial charge in [0.05, 0.1) is 20.8 Å². The summed E-state index contributed by atoms with van der Waals surface area (Å²) < 4.78 is 3.34. The van der Waals surface area contributed by atoms with Gasteiger partial charge in [-0.1, -0.05) is 23.7 Å². The summed E-state index contributed by atoms with van der Waals surface area (Å²) >= 11 is 9.98. The number of hydrogen-bond acceptors (Lipinski definition) is 3. The largest absolute Gasteiger partial charge is 0.280 e. The number of aromatic nitrogens is 2. The van der Waals surface area contributed by atoms with Gasteiger partial charge in [-0.15, -0.1) is 11.3 Å². The number of halogens is 2. The zero-order valence-electron chi connectivity index (χ0n) is 10.8. The number of carbonyl (C=O) groups excluding carboxylic acids is 1. The molecule has 0 saturated carbocycles. The molecule has 0 amide bonds. The average Bonchev–Trinajstić information content (AvgIpc) is 2.89. The molecule has 0 bridgehead atoms. The van der Waals surface area contributed by atoms with Crippen LogP contribution < -0.4 is 0 Å². The summed E-state index contributed by atoms with van der Waals surface area (Å²) in [6, 6.07) is 7.43. The van der Waals surface area contributed by atoms with Gasteiger partial charge in [-0.3, -0.25) is 4.79 Å². The number of fused-ring (bicyclic) bond motifs is 1. The van der Waals surface area contributed by atoms with Gasteiger partial charge in [0.2, 0.25) is 0 Å². The number of benzene rings is 1. The molecule has 0 radical (unpaired) electrons. The van der Waals surface area contributed by atoms with Gasteiger partial charge in [-0.2, -0.15) is 9.78 Å². The number of thiophene rings is 1. The van der Waals surface area contributed by atoms with E-state index in [-0.39, 0.29) is 5.91 Å². The molecule has 3 nitrogen and oxygen atoms in total. The highest BCUT2D eigenvalue weighted by molar-refractivity contribution is 14.1. The Balaban J connectivity index is 2.23. The van der Waals surface area contributed by atoms with E-state index in [4.69, 9.17) is 11.6 Å². The minimum Gasteiger partial charge on any atom is -0.267 e. The molecule has 0 spiro atoms. The third-order valence-corrected chi connectivity index (χ3v) is 5.55. The predicted octanol–water partition coefficient (Wildman–Crippen LogP) is 4.66. The van der Waals surface area contributed by atoms with Crippen molar-refractivity contribution >= 4 is 61.7 Å². The molecule has 2 heterocycles. The van der Waals surface area contributed by atoms with Crippen LogP contribution in [0.4, 0.5) is 0 Å². The maximum Gasteiger partial charge on any atom is 0.280 e. The van der Waals surface area contributed by atoms with E-state index < -0.39 is 0 Å². The van der Waals surface area contributed by atoms with Crippen LogP contribution >= 0.6 is 45.5 Å². The maximum absolute atomic E-state index is 12.7. The predicted molar refractivity (Wildman–Crippen MR) is 91.0 cm³/mol. The van der Waals surface area contributed by atoms with Crippen molar-refractivity contribution in [3.05, 3.63) is 49.0 Å². The smallest absolute Gasteiger partial charge is 0.267 e. The van der Waals surface area contributed by atoms with Crippen molar-refractivity contribution < 1.29 is 4.79 Å². The van der Waals surface area contributed by atoms with Gasteiger partial charge in [0.25, 0.3) is 5.91 Å². The van der Waals surface area contributed by atoms with E-state index in [0.717, 1.165) is 24.4 Å². The van der Waals surface area contributed by atoms with Crippen LogP contribution in [0.1, 0.15) is 20.8 Å². The fourth-order valence-corrected chi connectivity index (χ4v) is 4.15. The minimum atomic E-state index is -0.182. The van der Waals surface area contributed by atoms with Crippen molar-refractivity contribution in [1.82, 2.24) is 9.78 Å². The zero-order valence-corrected chi connectivity index (χ0v) is 14.5. The second-order valence-electron chi connectivity index (χ2n) is 4.51. The van der Waals surface area contributed by atoms with Crippen LogP contribution in [0.25, 0.3) is 10.2 Å². The first kappa shape index (κ1) is 14.0. The summed E-state index contributed by atoms with van der Waals surface area (Å²) in [5, 5.41) is 4.81. The lowest BCUT2D eigenvalue weighted by Crippen LogP contribution is -2.15. The van der Waals surface area contributed by atoms with Crippen molar-refractivity contribution in [3.8, 4) is 0 Å². The fourth-order valence-electron chi connectivity index (χ4n) is 2.16. The quantitative estimate of drug-likeness (QED) is 0.541. The van der Waals surface area contributed by atoms with Crippen LogP contribution in [0.15, 0.2) is 24.3 Å². The fraction of sp³-hybridized carbons (Fsp3) is 0.143. The van der Waals surface area contributed by atoms with Gasteiger partial charge in [-0.25, -0.2) is 0 Å². The van der Waals surface area contributed by atoms with Gasteiger partial charge in [-0.05, 0) is 54.1 Å². The molecule has 102 valence electrons. The molecule has 3 aromatic rings. The van der Waals surface area contributed by atoms with Gasteiger partial charge >= 0.3 is 0 Å². The molecule has 3 rings (SSSR count). The van der Waals surface area contributed by atoms with E-state index in [1.807, 2.05) is 32.0 Å². The van der Waals surface area contributed by atoms with E-state index in [9.17, 15) is 4.79 Å². The Hall–Kier alpha value is -0.920. The molecule has 6 heteroatoms. The first-order valence-electron chi connectivity index (χ1n) is 5.93. The molecule has 0 aliphatic carbocycles. The van der Waals surface area contributed by atoms with E-state index in [1.165, 1.54) is 4.68 Å². The molecule has 0 atom stereocenters. The summed E-state index contributed by atoms with van der Waals surface area (Å²) in [7, 11) is 0. The SMILES string of the molecule is Cc1cc2c(s1)c(I)nn2C(=O)c1c(C)cccc1Cl. The monoisotopic (exact) mass is 416 g/mol. The van der Waals surface area contributed by atoms with Crippen molar-refractivity contribution in [2.45, 2.75) is 13.8 Å². The van der Waals surface area contributed by atoms with E-state index in [1.54, 1.807) is 17.4 Å². The van der Waals surface area contributed by atoms with Gasteiger partial charge < -0.3 is 0 Å². The molecule has 0 N–H and O–H groups in total. The van der Waals surface area contributed by atoms with Gasteiger partial charge in [0, 0.05) is 4.88 Å². The van der Waals surface area contributed by atoms with E-state index in [2.05, 4.69) is 27.7 Å². The lowest BCUT2D eigenvalue weighted by atomic mass is 10.1. The van der Waals surface area contributed by atoms with Crippen molar-refractivity contribution in [1.29, 1.82) is 0 Å². The number of nitrogens with zero attached hydrogens (tertiary/aromatic N) is 2. The third kappa shape index (κ3) is 2.17. The Morgan fingerprint density at radius 2 is 2.15 bits per heavy atom. The topological polar surface area (TPSA) is 34.9 Å². The normalized spacial score (nSPS) is 11.2. The first-order valence-corrected chi connectivity index (χ1v) is 8.21. The molecule has 0 saturated heterocycles. The zero-order chi connectivity index (χ0) is 14.4. The Morgan fingerprint density at radius 1 is 1.40 bits per heavy atom. The lowest BCUT2D eigenvalue weighted by Gasteiger charge is -2.07. The Labute approximate surface area is 138 Å². The van der Waals surface area contributed by atoms with Crippen molar-refractivity contribution in [3.63, 3.8) is 0 Å². The summed E-state index contributed by atoms with van der Waals surface area (Å²) in [5.74, 6) is -0.182. The van der Waals surface area contributed by atoms with Crippen molar-refractivity contribution in [2.24, 2.45) is 0 Å². The maximum atomic E-state index is 12.7. The van der Waals surface area contributed by atoms with Crippen molar-refractivity contribution in [2.75, 3.05) is 0 Å². The van der Waals surface area contributed by atoms with Gasteiger partial charge in [0.15, 0.2) is 0 Å². The van der Waals surface area contributed by atoms with Gasteiger partial charge in [0.1, 0.15) is 3.70 Å². The third-order valence-electron chi connectivity index (χ3n) is 3.07. The lowest BCUT2D eigenvalue weighted by molar-refractivity contribution is 0.0949. The molecule has 0 aliphatic heterocycles. The average molecular weight is 417 g/mol. The number of rotatable bonds is 1. The first-order chi connectivity index (χ1) is 9.49. The molecule has 0 aliphatic rings. The van der Waals surface area contributed by atoms with Crippen LogP contribution in [0, 0.1) is 17.5 Å². The summed E-state index contributed by atoms with van der Waals surface area (Å²) in [6.07, 6.45) is 0. The second-order valence-corrected chi connectivity index (χ2v) is 7.20. The van der Waals surface area contributed by atoms with Crippen LogP contribution in [0.5, 0.6) is 0 Å². The molecule has 0 unspecified atom stereocenters. The van der Waals surface area contributed by atoms with Crippen LogP contribution in [-0.4, -0.2) is 15.7 Å². The Morgan fingerprint density at radius 3 is 2.85 bits per heavy atom. The van der Waals surface area contributed by atoms with E-state index in [0.29, 0.717) is 10.6 Å². The molecule has 20 heavy (non-hydrogen) atoms. The summed E-state index contributed by atoms with van der Waals surface area (Å²) in [4.78, 5) is 13.9. The second kappa shape index (κ2) is 5.13. The van der Waals surface area contributed by atoms with Crippen LogP contribution in [-0.2, 0) is 0 Å². The molecular weight excluding hydrogens is 407 g/mol. The standard InChI is InChI=1S/C14H10ClIN2OS/c1-7-4-3-5-9(15)11(7)14(19)18-10-6-8(2)20-12(10)13(16)17-18/h3-6H,1-2H3. The molecular formula is C14H10ClIN2OS. The number of hydrogen-bond donors (Lipinski definition) is 0.